The van der Waals surface area contributed by atoms with Gasteiger partial charge < -0.3 is 9.64 Å². The van der Waals surface area contributed by atoms with Crippen LogP contribution >= 0.6 is 15.9 Å². The summed E-state index contributed by atoms with van der Waals surface area (Å²) in [5.74, 6) is 0.0684. The van der Waals surface area contributed by atoms with Crippen molar-refractivity contribution in [2.75, 3.05) is 13.1 Å². The summed E-state index contributed by atoms with van der Waals surface area (Å²) in [6.07, 6.45) is 0. The van der Waals surface area contributed by atoms with E-state index in [-0.39, 0.29) is 17.1 Å². The molecule has 1 saturated heterocycles. The van der Waals surface area contributed by atoms with Gasteiger partial charge in [-0.25, -0.2) is 0 Å². The number of morpholine rings is 1. The zero-order valence-corrected chi connectivity index (χ0v) is 14.4. The Morgan fingerprint density at radius 2 is 1.70 bits per heavy atom. The molecule has 1 aromatic rings. The molecule has 0 unspecified atom stereocenters. The lowest BCUT2D eigenvalue weighted by atomic mass is 9.98. The first-order valence-corrected chi connectivity index (χ1v) is 7.64. The van der Waals surface area contributed by atoms with Crippen molar-refractivity contribution < 1.29 is 9.53 Å². The first-order valence-electron chi connectivity index (χ1n) is 6.85. The maximum Gasteiger partial charge on any atom is 0.254 e. The molecule has 20 heavy (non-hydrogen) atoms. The Hall–Kier alpha value is -0.870. The molecule has 1 amide bonds. The quantitative estimate of drug-likeness (QED) is 0.779. The predicted molar refractivity (Wildman–Crippen MR) is 84.0 cm³/mol. The first-order chi connectivity index (χ1) is 9.08. The molecule has 4 heteroatoms. The fourth-order valence-electron chi connectivity index (χ4n) is 2.97. The lowest BCUT2D eigenvalue weighted by molar-refractivity contribution is -0.171. The Morgan fingerprint density at radius 3 is 2.20 bits per heavy atom. The van der Waals surface area contributed by atoms with Gasteiger partial charge in [0.15, 0.2) is 0 Å². The van der Waals surface area contributed by atoms with Crippen molar-refractivity contribution in [1.29, 1.82) is 0 Å². The highest BCUT2D eigenvalue weighted by Gasteiger charge is 2.40. The summed E-state index contributed by atoms with van der Waals surface area (Å²) >= 11 is 3.45. The Morgan fingerprint density at radius 1 is 1.15 bits per heavy atom. The van der Waals surface area contributed by atoms with Crippen molar-refractivity contribution in [2.24, 2.45) is 0 Å². The number of hydrogen-bond acceptors (Lipinski definition) is 2. The van der Waals surface area contributed by atoms with Crippen LogP contribution in [0.25, 0.3) is 0 Å². The van der Waals surface area contributed by atoms with Gasteiger partial charge in [-0.15, -0.1) is 0 Å². The van der Waals surface area contributed by atoms with Crippen LogP contribution in [0.3, 0.4) is 0 Å². The number of carbonyl (C=O) groups is 1. The molecule has 0 N–H and O–H groups in total. The molecule has 1 aliphatic heterocycles. The van der Waals surface area contributed by atoms with Crippen LogP contribution in [0.1, 0.15) is 43.6 Å². The largest absolute Gasteiger partial charge is 0.366 e. The topological polar surface area (TPSA) is 29.5 Å². The van der Waals surface area contributed by atoms with Crippen molar-refractivity contribution in [1.82, 2.24) is 4.90 Å². The second-order valence-electron chi connectivity index (χ2n) is 6.80. The molecule has 0 atom stereocenters. The molecular weight excluding hydrogens is 318 g/mol. The van der Waals surface area contributed by atoms with E-state index < -0.39 is 0 Å². The van der Waals surface area contributed by atoms with Gasteiger partial charge in [-0.05, 0) is 58.4 Å². The molecule has 0 spiro atoms. The van der Waals surface area contributed by atoms with Crippen LogP contribution in [0, 0.1) is 6.92 Å². The van der Waals surface area contributed by atoms with Gasteiger partial charge in [-0.2, -0.15) is 0 Å². The summed E-state index contributed by atoms with van der Waals surface area (Å²) in [6.45, 7) is 11.3. The van der Waals surface area contributed by atoms with Crippen LogP contribution in [-0.4, -0.2) is 35.1 Å². The molecule has 0 radical (unpaired) electrons. The van der Waals surface area contributed by atoms with Gasteiger partial charge in [0, 0.05) is 23.1 Å². The van der Waals surface area contributed by atoms with Gasteiger partial charge in [0.2, 0.25) is 0 Å². The van der Waals surface area contributed by atoms with Crippen LogP contribution in [0.2, 0.25) is 0 Å². The monoisotopic (exact) mass is 339 g/mol. The molecule has 1 fully saturated rings. The normalized spacial score (nSPS) is 20.8. The van der Waals surface area contributed by atoms with Gasteiger partial charge in [-0.1, -0.05) is 15.9 Å². The molecule has 0 aliphatic carbocycles. The number of halogens is 1. The van der Waals surface area contributed by atoms with Gasteiger partial charge in [0.1, 0.15) is 0 Å². The predicted octanol–water partition coefficient (Wildman–Crippen LogP) is 3.79. The molecule has 3 nitrogen and oxygen atoms in total. The van der Waals surface area contributed by atoms with Crippen molar-refractivity contribution in [3.05, 3.63) is 33.8 Å². The fraction of sp³-hybridized carbons (Fsp3) is 0.562. The van der Waals surface area contributed by atoms with E-state index in [0.717, 1.165) is 15.6 Å². The molecule has 1 aromatic carbocycles. The van der Waals surface area contributed by atoms with Crippen LogP contribution < -0.4 is 0 Å². The number of benzene rings is 1. The number of aryl methyl sites for hydroxylation is 1. The van der Waals surface area contributed by atoms with Crippen molar-refractivity contribution in [3.8, 4) is 0 Å². The summed E-state index contributed by atoms with van der Waals surface area (Å²) in [5, 5.41) is 0. The number of hydrogen-bond donors (Lipinski definition) is 0. The van der Waals surface area contributed by atoms with E-state index in [0.29, 0.717) is 13.1 Å². The zero-order valence-electron chi connectivity index (χ0n) is 12.8. The maximum absolute atomic E-state index is 12.7. The minimum absolute atomic E-state index is 0.0684. The van der Waals surface area contributed by atoms with E-state index in [2.05, 4.69) is 15.9 Å². The minimum atomic E-state index is -0.321. The van der Waals surface area contributed by atoms with Crippen LogP contribution in [-0.2, 0) is 4.74 Å². The van der Waals surface area contributed by atoms with Gasteiger partial charge in [0.05, 0.1) is 11.2 Å². The summed E-state index contributed by atoms with van der Waals surface area (Å²) < 4.78 is 6.96. The third kappa shape index (κ3) is 3.61. The highest BCUT2D eigenvalue weighted by Crippen LogP contribution is 2.29. The van der Waals surface area contributed by atoms with Gasteiger partial charge >= 0.3 is 0 Å². The number of rotatable bonds is 1. The molecule has 0 bridgehead atoms. The smallest absolute Gasteiger partial charge is 0.254 e. The summed E-state index contributed by atoms with van der Waals surface area (Å²) in [7, 11) is 0. The number of amides is 1. The van der Waals surface area contributed by atoms with Crippen LogP contribution in [0.15, 0.2) is 22.7 Å². The fourth-order valence-corrected chi connectivity index (χ4v) is 3.58. The minimum Gasteiger partial charge on any atom is -0.366 e. The van der Waals surface area contributed by atoms with Crippen molar-refractivity contribution in [3.63, 3.8) is 0 Å². The average Bonchev–Trinajstić information content (AvgIpc) is 2.22. The zero-order chi connectivity index (χ0) is 15.1. The second kappa shape index (κ2) is 5.15. The van der Waals surface area contributed by atoms with Crippen LogP contribution in [0.5, 0.6) is 0 Å². The molecule has 0 saturated carbocycles. The Labute approximate surface area is 129 Å². The molecule has 2 rings (SSSR count). The SMILES string of the molecule is Cc1cc(Br)cc(C(=O)N2CC(C)(C)OC(C)(C)C2)c1. The van der Waals surface area contributed by atoms with E-state index in [1.807, 2.05) is 57.7 Å². The third-order valence-electron chi connectivity index (χ3n) is 3.27. The molecular formula is C16H22BrNO2. The number of nitrogens with zero attached hydrogens (tertiary/aromatic N) is 1. The average molecular weight is 340 g/mol. The third-order valence-corrected chi connectivity index (χ3v) is 3.73. The van der Waals surface area contributed by atoms with E-state index in [4.69, 9.17) is 4.74 Å². The van der Waals surface area contributed by atoms with Gasteiger partial charge in [0.25, 0.3) is 5.91 Å². The Bertz CT molecular complexity index is 501. The molecule has 1 aliphatic rings. The van der Waals surface area contributed by atoms with E-state index >= 15 is 0 Å². The Kier molecular flexibility index (Phi) is 4.00. The highest BCUT2D eigenvalue weighted by molar-refractivity contribution is 9.10. The standard InChI is InChI=1S/C16H22BrNO2/c1-11-6-12(8-13(17)7-11)14(19)18-9-15(2,3)20-16(4,5)10-18/h6-8H,9-10H2,1-5H3. The maximum atomic E-state index is 12.7. The first kappa shape index (κ1) is 15.5. The second-order valence-corrected chi connectivity index (χ2v) is 7.72. The van der Waals surface area contributed by atoms with Crippen molar-refractivity contribution >= 4 is 21.8 Å². The lowest BCUT2D eigenvalue weighted by Gasteiger charge is -2.47. The van der Waals surface area contributed by atoms with E-state index in [1.54, 1.807) is 0 Å². The van der Waals surface area contributed by atoms with Gasteiger partial charge in [-0.3, -0.25) is 4.79 Å². The van der Waals surface area contributed by atoms with Crippen LogP contribution in [0.4, 0.5) is 0 Å². The number of carbonyl (C=O) groups excluding carboxylic acids is 1. The van der Waals surface area contributed by atoms with Crippen molar-refractivity contribution in [2.45, 2.75) is 45.8 Å². The van der Waals surface area contributed by atoms with E-state index in [1.165, 1.54) is 0 Å². The summed E-state index contributed by atoms with van der Waals surface area (Å²) in [4.78, 5) is 14.6. The molecule has 110 valence electrons. The number of ether oxygens (including phenoxy) is 1. The summed E-state index contributed by atoms with van der Waals surface area (Å²) in [5.41, 5.74) is 1.16. The summed E-state index contributed by atoms with van der Waals surface area (Å²) in [6, 6.07) is 5.82. The highest BCUT2D eigenvalue weighted by atomic mass is 79.9. The molecule has 1 heterocycles. The Balaban J connectivity index is 2.28. The van der Waals surface area contributed by atoms with E-state index in [9.17, 15) is 4.79 Å². The lowest BCUT2D eigenvalue weighted by Crippen LogP contribution is -2.58. The molecule has 0 aromatic heterocycles.